The summed E-state index contributed by atoms with van der Waals surface area (Å²) >= 11 is 0. The third kappa shape index (κ3) is 4.90. The number of benzene rings is 2. The van der Waals surface area contributed by atoms with Gasteiger partial charge in [0.25, 0.3) is 0 Å². The molecule has 1 unspecified atom stereocenters. The number of hydrogen-bond acceptors (Lipinski definition) is 3. The van der Waals surface area contributed by atoms with Crippen molar-refractivity contribution in [3.8, 4) is 0 Å². The van der Waals surface area contributed by atoms with E-state index in [-0.39, 0.29) is 16.4 Å². The third-order valence-corrected chi connectivity index (χ3v) is 5.03. The number of nitrogens with one attached hydrogen (secondary N) is 1. The Morgan fingerprint density at radius 3 is 2.25 bits per heavy atom. The predicted molar refractivity (Wildman–Crippen MR) is 98.2 cm³/mol. The van der Waals surface area contributed by atoms with Crippen molar-refractivity contribution in [1.82, 2.24) is 5.32 Å². The maximum Gasteiger partial charge on any atom is 0.238 e. The van der Waals surface area contributed by atoms with E-state index in [2.05, 4.69) is 50.4 Å². The van der Waals surface area contributed by atoms with Crippen LogP contribution in [0.15, 0.2) is 53.4 Å². The molecule has 130 valence electrons. The Morgan fingerprint density at radius 1 is 1.08 bits per heavy atom. The molecule has 5 heteroatoms. The smallest absolute Gasteiger partial charge is 0.238 e. The Labute approximate surface area is 145 Å². The molecule has 2 aromatic rings. The SMILES string of the molecule is CC(NCc1ccc(C(C)(C)C)cc1)c1cccc(S(N)(=O)=O)c1. The van der Waals surface area contributed by atoms with Crippen molar-refractivity contribution < 1.29 is 8.42 Å². The molecule has 0 heterocycles. The van der Waals surface area contributed by atoms with Gasteiger partial charge in [-0.15, -0.1) is 0 Å². The van der Waals surface area contributed by atoms with E-state index in [0.717, 1.165) is 5.56 Å². The van der Waals surface area contributed by atoms with Crippen LogP contribution in [-0.4, -0.2) is 8.42 Å². The first-order valence-corrected chi connectivity index (χ1v) is 9.57. The standard InChI is InChI=1S/C19H26N2O2S/c1-14(16-6-5-7-18(12-16)24(20,22)23)21-13-15-8-10-17(11-9-15)19(2,3)4/h5-12,14,21H,13H2,1-4H3,(H2,20,22,23). The van der Waals surface area contributed by atoms with Crippen LogP contribution in [0.1, 0.15) is 50.4 Å². The molecule has 1 atom stereocenters. The van der Waals surface area contributed by atoms with E-state index in [4.69, 9.17) is 5.14 Å². The second kappa shape index (κ2) is 7.05. The Balaban J connectivity index is 2.04. The summed E-state index contributed by atoms with van der Waals surface area (Å²) in [7, 11) is -3.67. The van der Waals surface area contributed by atoms with Crippen molar-refractivity contribution in [2.45, 2.75) is 50.6 Å². The van der Waals surface area contributed by atoms with Crippen molar-refractivity contribution >= 4 is 10.0 Å². The minimum atomic E-state index is -3.67. The summed E-state index contributed by atoms with van der Waals surface area (Å²) in [4.78, 5) is 0.142. The van der Waals surface area contributed by atoms with Gasteiger partial charge < -0.3 is 5.32 Å². The zero-order valence-corrected chi connectivity index (χ0v) is 15.5. The van der Waals surface area contributed by atoms with Crippen LogP contribution in [0, 0.1) is 0 Å². The van der Waals surface area contributed by atoms with E-state index in [0.29, 0.717) is 6.54 Å². The lowest BCUT2D eigenvalue weighted by Gasteiger charge is -2.20. The molecule has 2 rings (SSSR count). The summed E-state index contributed by atoms with van der Waals surface area (Å²) in [5.74, 6) is 0. The van der Waals surface area contributed by atoms with Gasteiger partial charge in [-0.3, -0.25) is 0 Å². The number of rotatable bonds is 5. The van der Waals surface area contributed by atoms with Crippen LogP contribution in [0.25, 0.3) is 0 Å². The highest BCUT2D eigenvalue weighted by atomic mass is 32.2. The fourth-order valence-electron chi connectivity index (χ4n) is 2.47. The minimum Gasteiger partial charge on any atom is -0.306 e. The number of nitrogens with two attached hydrogens (primary N) is 1. The first kappa shape index (κ1) is 18.6. The largest absolute Gasteiger partial charge is 0.306 e. The van der Waals surface area contributed by atoms with Crippen molar-refractivity contribution in [2.24, 2.45) is 5.14 Å². The monoisotopic (exact) mass is 346 g/mol. The second-order valence-corrected chi connectivity index (χ2v) is 8.73. The summed E-state index contributed by atoms with van der Waals surface area (Å²) in [6, 6.07) is 15.3. The Bertz CT molecular complexity index is 791. The highest BCUT2D eigenvalue weighted by Crippen LogP contribution is 2.22. The van der Waals surface area contributed by atoms with E-state index in [1.54, 1.807) is 12.1 Å². The first-order valence-electron chi connectivity index (χ1n) is 8.03. The average Bonchev–Trinajstić information content (AvgIpc) is 2.51. The van der Waals surface area contributed by atoms with Crippen LogP contribution < -0.4 is 10.5 Å². The van der Waals surface area contributed by atoms with E-state index in [1.807, 2.05) is 13.0 Å². The van der Waals surface area contributed by atoms with E-state index >= 15 is 0 Å². The van der Waals surface area contributed by atoms with Gasteiger partial charge >= 0.3 is 0 Å². The molecule has 0 aromatic heterocycles. The number of hydrogen-bond donors (Lipinski definition) is 2. The quantitative estimate of drug-likeness (QED) is 0.870. The van der Waals surface area contributed by atoms with Crippen LogP contribution in [0.3, 0.4) is 0 Å². The van der Waals surface area contributed by atoms with Gasteiger partial charge in [0.05, 0.1) is 4.90 Å². The van der Waals surface area contributed by atoms with Gasteiger partial charge in [-0.05, 0) is 41.2 Å². The molecule has 4 nitrogen and oxygen atoms in total. The molecule has 24 heavy (non-hydrogen) atoms. The molecule has 0 amide bonds. The summed E-state index contributed by atoms with van der Waals surface area (Å²) in [6.45, 7) is 9.30. The molecule has 3 N–H and O–H groups in total. The second-order valence-electron chi connectivity index (χ2n) is 7.17. The van der Waals surface area contributed by atoms with Gasteiger partial charge in [-0.2, -0.15) is 0 Å². The van der Waals surface area contributed by atoms with Crippen molar-refractivity contribution in [2.75, 3.05) is 0 Å². The Morgan fingerprint density at radius 2 is 1.71 bits per heavy atom. The van der Waals surface area contributed by atoms with Crippen molar-refractivity contribution in [1.29, 1.82) is 0 Å². The summed E-state index contributed by atoms with van der Waals surface area (Å²) < 4.78 is 22.9. The lowest BCUT2D eigenvalue weighted by Crippen LogP contribution is -2.19. The molecule has 0 spiro atoms. The average molecular weight is 346 g/mol. The molecule has 0 saturated carbocycles. The van der Waals surface area contributed by atoms with Crippen LogP contribution in [0.5, 0.6) is 0 Å². The predicted octanol–water partition coefficient (Wildman–Crippen LogP) is 3.48. The molecule has 0 aliphatic carbocycles. The maximum atomic E-state index is 11.5. The summed E-state index contributed by atoms with van der Waals surface area (Å²) in [6.07, 6.45) is 0. The van der Waals surface area contributed by atoms with Crippen LogP contribution >= 0.6 is 0 Å². The molecule has 0 saturated heterocycles. The highest BCUT2D eigenvalue weighted by Gasteiger charge is 2.14. The number of sulfonamides is 1. The van der Waals surface area contributed by atoms with Gasteiger partial charge in [0, 0.05) is 12.6 Å². The summed E-state index contributed by atoms with van der Waals surface area (Å²) in [5.41, 5.74) is 3.54. The van der Waals surface area contributed by atoms with Crippen LogP contribution in [-0.2, 0) is 22.0 Å². The highest BCUT2D eigenvalue weighted by molar-refractivity contribution is 7.89. The van der Waals surface area contributed by atoms with Gasteiger partial charge in [0.1, 0.15) is 0 Å². The zero-order chi connectivity index (χ0) is 18.0. The summed E-state index contributed by atoms with van der Waals surface area (Å²) in [5, 5.41) is 8.61. The van der Waals surface area contributed by atoms with Gasteiger partial charge in [0.15, 0.2) is 0 Å². The fraction of sp³-hybridized carbons (Fsp3) is 0.368. The van der Waals surface area contributed by atoms with Gasteiger partial charge in [-0.1, -0.05) is 57.2 Å². The zero-order valence-electron chi connectivity index (χ0n) is 14.7. The minimum absolute atomic E-state index is 0.0222. The van der Waals surface area contributed by atoms with Crippen LogP contribution in [0.4, 0.5) is 0 Å². The lowest BCUT2D eigenvalue weighted by atomic mass is 9.87. The maximum absolute atomic E-state index is 11.5. The fourth-order valence-corrected chi connectivity index (χ4v) is 3.04. The molecule has 0 bridgehead atoms. The topological polar surface area (TPSA) is 72.2 Å². The normalized spacial score (nSPS) is 13.7. The van der Waals surface area contributed by atoms with Crippen LogP contribution in [0.2, 0.25) is 0 Å². The first-order chi connectivity index (χ1) is 11.1. The van der Waals surface area contributed by atoms with Gasteiger partial charge in [-0.25, -0.2) is 13.6 Å². The number of primary sulfonamides is 1. The van der Waals surface area contributed by atoms with E-state index in [1.165, 1.54) is 17.2 Å². The molecular weight excluding hydrogens is 320 g/mol. The van der Waals surface area contributed by atoms with E-state index in [9.17, 15) is 8.42 Å². The molecule has 0 radical (unpaired) electrons. The molecule has 2 aromatic carbocycles. The third-order valence-electron chi connectivity index (χ3n) is 4.12. The van der Waals surface area contributed by atoms with Crippen molar-refractivity contribution in [3.05, 3.63) is 65.2 Å². The van der Waals surface area contributed by atoms with Gasteiger partial charge in [0.2, 0.25) is 10.0 Å². The Kier molecular flexibility index (Phi) is 5.48. The van der Waals surface area contributed by atoms with Crippen molar-refractivity contribution in [3.63, 3.8) is 0 Å². The Hall–Kier alpha value is -1.69. The molecule has 0 aliphatic heterocycles. The molecular formula is C19H26N2O2S. The van der Waals surface area contributed by atoms with E-state index < -0.39 is 10.0 Å². The molecule has 0 aliphatic rings. The lowest BCUT2D eigenvalue weighted by molar-refractivity contribution is 0.569. The molecule has 0 fully saturated rings.